The van der Waals surface area contributed by atoms with Gasteiger partial charge in [0.2, 0.25) is 11.6 Å². The number of hydrogen-bond acceptors (Lipinski definition) is 2. The van der Waals surface area contributed by atoms with Gasteiger partial charge in [0.15, 0.2) is 23.1 Å². The third-order valence-electron chi connectivity index (χ3n) is 5.65. The Bertz CT molecular complexity index is 981. The Morgan fingerprint density at radius 3 is 2.12 bits per heavy atom. The molecule has 0 aliphatic heterocycles. The van der Waals surface area contributed by atoms with Crippen molar-refractivity contribution in [2.45, 2.75) is 51.6 Å². The van der Waals surface area contributed by atoms with Crippen molar-refractivity contribution in [3.05, 3.63) is 70.8 Å². The van der Waals surface area contributed by atoms with Gasteiger partial charge in [0.1, 0.15) is 5.56 Å². The summed E-state index contributed by atoms with van der Waals surface area (Å²) in [5.41, 5.74) is -1.36. The Morgan fingerprint density at radius 1 is 0.875 bits per heavy atom. The second-order valence-corrected chi connectivity index (χ2v) is 7.71. The van der Waals surface area contributed by atoms with E-state index in [-0.39, 0.29) is 18.1 Å². The van der Waals surface area contributed by atoms with Gasteiger partial charge in [-0.05, 0) is 75.1 Å². The summed E-state index contributed by atoms with van der Waals surface area (Å²) in [5, 5.41) is 0. The predicted molar refractivity (Wildman–Crippen MR) is 108 cm³/mol. The molecule has 3 rings (SSSR count). The minimum atomic E-state index is -4.45. The highest BCUT2D eigenvalue weighted by molar-refractivity contribution is 5.36. The quantitative estimate of drug-likeness (QED) is 0.314. The van der Waals surface area contributed by atoms with E-state index in [4.69, 9.17) is 4.74 Å². The second-order valence-electron chi connectivity index (χ2n) is 7.71. The Labute approximate surface area is 182 Å². The number of ether oxygens (including phenoxy) is 2. The first-order valence-corrected chi connectivity index (χ1v) is 10.5. The summed E-state index contributed by atoms with van der Waals surface area (Å²) in [7, 11) is 0. The molecule has 0 spiro atoms. The van der Waals surface area contributed by atoms with Crippen LogP contribution in [0, 0.1) is 29.2 Å². The maximum absolute atomic E-state index is 14.7. The fourth-order valence-corrected chi connectivity index (χ4v) is 4.05. The fourth-order valence-electron chi connectivity index (χ4n) is 4.05. The topological polar surface area (TPSA) is 18.5 Å². The van der Waals surface area contributed by atoms with Crippen LogP contribution < -0.4 is 9.47 Å². The van der Waals surface area contributed by atoms with E-state index in [1.807, 2.05) is 13.0 Å². The Balaban J connectivity index is 1.82. The van der Waals surface area contributed by atoms with Gasteiger partial charge in [-0.25, -0.2) is 8.78 Å². The molecule has 2 aromatic carbocycles. The lowest BCUT2D eigenvalue weighted by Gasteiger charge is -2.28. The van der Waals surface area contributed by atoms with Crippen LogP contribution >= 0.6 is 0 Å². The summed E-state index contributed by atoms with van der Waals surface area (Å²) in [5.74, 6) is -7.87. The first-order valence-electron chi connectivity index (χ1n) is 10.5. The SMILES string of the molecule is C/C=C/C1CCC(c2ccc(OC(F)(F)c3ccc(OCC)c(F)c3F)c(F)c2F)CC1. The van der Waals surface area contributed by atoms with E-state index >= 15 is 0 Å². The molecule has 8 heteroatoms. The van der Waals surface area contributed by atoms with Gasteiger partial charge >= 0.3 is 6.11 Å². The average Bonchev–Trinajstić information content (AvgIpc) is 2.76. The monoisotopic (exact) mass is 458 g/mol. The maximum atomic E-state index is 14.7. The van der Waals surface area contributed by atoms with Crippen molar-refractivity contribution in [3.8, 4) is 11.5 Å². The molecule has 0 N–H and O–H groups in total. The summed E-state index contributed by atoms with van der Waals surface area (Å²) in [6.45, 7) is 3.43. The second kappa shape index (κ2) is 9.88. The normalized spacial score (nSPS) is 19.4. The van der Waals surface area contributed by atoms with E-state index in [1.54, 1.807) is 0 Å². The fraction of sp³-hybridized carbons (Fsp3) is 0.417. The molecular formula is C24H24F6O2. The van der Waals surface area contributed by atoms with Crippen molar-refractivity contribution in [2.75, 3.05) is 6.61 Å². The molecule has 0 unspecified atom stereocenters. The number of halogens is 6. The van der Waals surface area contributed by atoms with Gasteiger partial charge in [0.05, 0.1) is 6.61 Å². The minimum absolute atomic E-state index is 0.00358. The number of hydrogen-bond donors (Lipinski definition) is 0. The Kier molecular flexibility index (Phi) is 7.41. The molecule has 174 valence electrons. The Morgan fingerprint density at radius 2 is 1.50 bits per heavy atom. The van der Waals surface area contributed by atoms with Gasteiger partial charge in [-0.15, -0.1) is 0 Å². The van der Waals surface area contributed by atoms with Crippen molar-refractivity contribution in [2.24, 2.45) is 5.92 Å². The molecule has 1 aliphatic carbocycles. The zero-order valence-electron chi connectivity index (χ0n) is 17.7. The van der Waals surface area contributed by atoms with Crippen molar-refractivity contribution in [1.82, 2.24) is 0 Å². The first kappa shape index (κ1) is 24.0. The van der Waals surface area contributed by atoms with Crippen molar-refractivity contribution < 1.29 is 35.8 Å². The average molecular weight is 458 g/mol. The zero-order valence-corrected chi connectivity index (χ0v) is 17.7. The lowest BCUT2D eigenvalue weighted by molar-refractivity contribution is -0.189. The zero-order chi connectivity index (χ0) is 23.5. The van der Waals surface area contributed by atoms with Crippen molar-refractivity contribution in [3.63, 3.8) is 0 Å². The number of allylic oxidation sites excluding steroid dienone is 2. The third-order valence-corrected chi connectivity index (χ3v) is 5.65. The van der Waals surface area contributed by atoms with Gasteiger partial charge in [0, 0.05) is 0 Å². The van der Waals surface area contributed by atoms with Gasteiger partial charge in [-0.3, -0.25) is 0 Å². The maximum Gasteiger partial charge on any atom is 0.429 e. The molecule has 1 saturated carbocycles. The Hall–Kier alpha value is -2.64. The van der Waals surface area contributed by atoms with Crippen LogP contribution in [-0.2, 0) is 6.11 Å². The van der Waals surface area contributed by atoms with Crippen molar-refractivity contribution in [1.29, 1.82) is 0 Å². The number of benzene rings is 2. The van der Waals surface area contributed by atoms with Crippen LogP contribution in [0.2, 0.25) is 0 Å². The third kappa shape index (κ3) is 4.89. The molecule has 0 bridgehead atoms. The molecule has 2 aromatic rings. The summed E-state index contributed by atoms with van der Waals surface area (Å²) >= 11 is 0. The summed E-state index contributed by atoms with van der Waals surface area (Å²) in [6, 6.07) is 3.50. The van der Waals surface area contributed by atoms with Crippen LogP contribution in [0.1, 0.15) is 56.6 Å². The van der Waals surface area contributed by atoms with E-state index in [0.717, 1.165) is 25.0 Å². The molecule has 0 heterocycles. The molecule has 0 radical (unpaired) electrons. The number of alkyl halides is 2. The van der Waals surface area contributed by atoms with Gasteiger partial charge in [0.25, 0.3) is 0 Å². The van der Waals surface area contributed by atoms with E-state index in [2.05, 4.69) is 10.8 Å². The molecule has 0 aromatic heterocycles. The van der Waals surface area contributed by atoms with E-state index < -0.39 is 46.4 Å². The molecule has 2 nitrogen and oxygen atoms in total. The highest BCUT2D eigenvalue weighted by atomic mass is 19.3. The molecular weight excluding hydrogens is 434 g/mol. The van der Waals surface area contributed by atoms with Crippen LogP contribution in [0.3, 0.4) is 0 Å². The van der Waals surface area contributed by atoms with Crippen molar-refractivity contribution >= 4 is 0 Å². The van der Waals surface area contributed by atoms with Crippen LogP contribution in [0.5, 0.6) is 11.5 Å². The van der Waals surface area contributed by atoms with E-state index in [1.165, 1.54) is 13.0 Å². The molecule has 1 fully saturated rings. The minimum Gasteiger partial charge on any atom is -0.491 e. The molecule has 1 aliphatic rings. The molecule has 0 amide bonds. The standard InChI is InChI=1S/C24H24F6O2/c1-3-5-14-6-8-15(9-7-14)16-10-12-19(23(28)20(16)25)32-24(29,30)17-11-13-18(31-4-2)22(27)21(17)26/h3,5,10-15H,4,6-9H2,1-2H3/b5-3+. The molecule has 0 atom stereocenters. The highest BCUT2D eigenvalue weighted by Gasteiger charge is 2.41. The summed E-state index contributed by atoms with van der Waals surface area (Å²) in [6.07, 6.45) is 2.49. The molecule has 0 saturated heterocycles. The van der Waals surface area contributed by atoms with E-state index in [0.29, 0.717) is 24.8 Å². The lowest BCUT2D eigenvalue weighted by atomic mass is 9.78. The summed E-state index contributed by atoms with van der Waals surface area (Å²) in [4.78, 5) is 0. The molecule has 32 heavy (non-hydrogen) atoms. The van der Waals surface area contributed by atoms with Crippen LogP contribution in [0.15, 0.2) is 36.4 Å². The van der Waals surface area contributed by atoms with Crippen LogP contribution in [0.4, 0.5) is 26.3 Å². The largest absolute Gasteiger partial charge is 0.491 e. The van der Waals surface area contributed by atoms with Gasteiger partial charge in [-0.1, -0.05) is 18.2 Å². The first-order chi connectivity index (χ1) is 15.2. The van der Waals surface area contributed by atoms with Gasteiger partial charge in [-0.2, -0.15) is 17.6 Å². The predicted octanol–water partition coefficient (Wildman–Crippen LogP) is 7.62. The smallest absolute Gasteiger partial charge is 0.429 e. The van der Waals surface area contributed by atoms with E-state index in [9.17, 15) is 26.3 Å². The number of rotatable bonds is 7. The lowest BCUT2D eigenvalue weighted by Crippen LogP contribution is -2.25. The van der Waals surface area contributed by atoms with Crippen LogP contribution in [-0.4, -0.2) is 6.61 Å². The highest BCUT2D eigenvalue weighted by Crippen LogP contribution is 2.41. The van der Waals surface area contributed by atoms with Crippen LogP contribution in [0.25, 0.3) is 0 Å². The van der Waals surface area contributed by atoms with Gasteiger partial charge < -0.3 is 9.47 Å². The summed E-state index contributed by atoms with van der Waals surface area (Å²) < 4.78 is 95.6.